The molecule has 0 radical (unpaired) electrons. The Kier molecular flexibility index (Phi) is 8.99. The second kappa shape index (κ2) is 11.8. The molecule has 1 saturated carbocycles. The SMILES string of the molecule is CC1(C)CC(C(=O)O)CC/C1=C/C(=O)NC(Cc1ccc(NC(=O)c2c(Cl)cccc2Cl)cc1)C(=O)O. The predicted octanol–water partition coefficient (Wildman–Crippen LogP) is 5.19. The van der Waals surface area contributed by atoms with Gasteiger partial charge in [0.1, 0.15) is 6.04 Å². The van der Waals surface area contributed by atoms with Gasteiger partial charge in [0.05, 0.1) is 21.5 Å². The van der Waals surface area contributed by atoms with Crippen LogP contribution in [0.2, 0.25) is 10.0 Å². The number of carboxylic acids is 2. The number of carboxylic acid groups (broad SMARTS) is 2. The van der Waals surface area contributed by atoms with E-state index in [2.05, 4.69) is 10.6 Å². The molecule has 1 aliphatic rings. The van der Waals surface area contributed by atoms with Crippen LogP contribution in [-0.4, -0.2) is 40.0 Å². The molecule has 2 atom stereocenters. The van der Waals surface area contributed by atoms with Gasteiger partial charge in [-0.3, -0.25) is 14.4 Å². The minimum atomic E-state index is -1.19. The fourth-order valence-corrected chi connectivity index (χ4v) is 5.00. The van der Waals surface area contributed by atoms with Crippen molar-refractivity contribution in [2.24, 2.45) is 11.3 Å². The largest absolute Gasteiger partial charge is 0.481 e. The summed E-state index contributed by atoms with van der Waals surface area (Å²) < 4.78 is 0. The highest BCUT2D eigenvalue weighted by Gasteiger charge is 2.36. The van der Waals surface area contributed by atoms with Gasteiger partial charge in [0.2, 0.25) is 5.91 Å². The molecule has 3 rings (SSSR count). The Morgan fingerprint density at radius 3 is 2.22 bits per heavy atom. The number of hydrogen-bond donors (Lipinski definition) is 4. The summed E-state index contributed by atoms with van der Waals surface area (Å²) in [4.78, 5) is 48.4. The van der Waals surface area contributed by atoms with Crippen LogP contribution in [0.5, 0.6) is 0 Å². The van der Waals surface area contributed by atoms with Crippen LogP contribution < -0.4 is 10.6 Å². The molecule has 0 spiro atoms. The van der Waals surface area contributed by atoms with Gasteiger partial charge in [-0.15, -0.1) is 0 Å². The van der Waals surface area contributed by atoms with Gasteiger partial charge in [0, 0.05) is 18.2 Å². The molecule has 4 N–H and O–H groups in total. The van der Waals surface area contributed by atoms with E-state index in [1.165, 1.54) is 6.08 Å². The van der Waals surface area contributed by atoms with Crippen molar-refractivity contribution in [2.75, 3.05) is 5.32 Å². The van der Waals surface area contributed by atoms with E-state index in [-0.39, 0.29) is 22.0 Å². The monoisotopic (exact) mass is 546 g/mol. The molecule has 0 heterocycles. The first-order valence-corrected chi connectivity index (χ1v) is 12.4. The minimum Gasteiger partial charge on any atom is -0.481 e. The lowest BCUT2D eigenvalue weighted by Gasteiger charge is -2.36. The first-order valence-electron chi connectivity index (χ1n) is 11.7. The number of nitrogens with one attached hydrogen (secondary N) is 2. The Morgan fingerprint density at radius 1 is 1.05 bits per heavy atom. The Balaban J connectivity index is 1.64. The first kappa shape index (κ1) is 28.2. The predicted molar refractivity (Wildman–Crippen MR) is 141 cm³/mol. The molecule has 1 aliphatic carbocycles. The minimum absolute atomic E-state index is 0.0271. The number of allylic oxidation sites excluding steroid dienone is 1. The van der Waals surface area contributed by atoms with E-state index in [1.807, 2.05) is 13.8 Å². The molecule has 1 fully saturated rings. The summed E-state index contributed by atoms with van der Waals surface area (Å²) in [6.45, 7) is 3.77. The molecule has 2 amide bonds. The quantitative estimate of drug-likeness (QED) is 0.336. The van der Waals surface area contributed by atoms with E-state index in [0.717, 1.165) is 5.57 Å². The van der Waals surface area contributed by atoms with Gasteiger partial charge in [0.25, 0.3) is 5.91 Å². The second-order valence-corrected chi connectivity index (χ2v) is 10.5. The molecule has 2 unspecified atom stereocenters. The van der Waals surface area contributed by atoms with Crippen molar-refractivity contribution in [3.8, 4) is 0 Å². The fraction of sp³-hybridized carbons (Fsp3) is 0.333. The highest BCUT2D eigenvalue weighted by atomic mass is 35.5. The standard InChI is InChI=1S/C27H28Cl2N2O6/c1-27(2)14-16(25(34)35)8-9-17(27)13-22(32)31-21(26(36)37)12-15-6-10-18(11-7-15)30-24(33)23-19(28)4-3-5-20(23)29/h3-7,10-11,13,16,21H,8-9,12,14H2,1-2H3,(H,30,33)(H,31,32)(H,34,35)(H,36,37)/b17-13-. The van der Waals surface area contributed by atoms with Crippen LogP contribution in [0.4, 0.5) is 5.69 Å². The number of aliphatic carboxylic acids is 2. The third-order valence-corrected chi connectivity index (χ3v) is 7.13. The summed E-state index contributed by atoms with van der Waals surface area (Å²) in [6, 6.07) is 10.1. The van der Waals surface area contributed by atoms with Crippen LogP contribution >= 0.6 is 23.2 Å². The maximum atomic E-state index is 12.6. The van der Waals surface area contributed by atoms with Crippen LogP contribution in [0.25, 0.3) is 0 Å². The van der Waals surface area contributed by atoms with Gasteiger partial charge in [-0.25, -0.2) is 4.79 Å². The smallest absolute Gasteiger partial charge is 0.326 e. The van der Waals surface area contributed by atoms with Crippen LogP contribution in [0.3, 0.4) is 0 Å². The van der Waals surface area contributed by atoms with Gasteiger partial charge < -0.3 is 20.8 Å². The summed E-state index contributed by atoms with van der Waals surface area (Å²) in [6.07, 6.45) is 2.73. The van der Waals surface area contributed by atoms with Crippen molar-refractivity contribution < 1.29 is 29.4 Å². The number of anilines is 1. The number of benzene rings is 2. The lowest BCUT2D eigenvalue weighted by Crippen LogP contribution is -2.42. The fourth-order valence-electron chi connectivity index (χ4n) is 4.44. The van der Waals surface area contributed by atoms with Crippen LogP contribution in [0, 0.1) is 11.3 Å². The number of amides is 2. The molecule has 10 heteroatoms. The lowest BCUT2D eigenvalue weighted by atomic mass is 9.68. The topological polar surface area (TPSA) is 133 Å². The number of carbonyl (C=O) groups is 4. The Labute approximate surface area is 224 Å². The highest BCUT2D eigenvalue weighted by molar-refractivity contribution is 6.40. The van der Waals surface area contributed by atoms with E-state index < -0.39 is 41.1 Å². The molecule has 2 aromatic rings. The Hall–Kier alpha value is -3.36. The van der Waals surface area contributed by atoms with Crippen molar-refractivity contribution in [1.82, 2.24) is 5.32 Å². The average molecular weight is 547 g/mol. The molecule has 8 nitrogen and oxygen atoms in total. The number of halogens is 2. The molecule has 0 bridgehead atoms. The molecular formula is C27H28Cl2N2O6. The summed E-state index contributed by atoms with van der Waals surface area (Å²) in [5.74, 6) is -3.51. The third-order valence-electron chi connectivity index (χ3n) is 6.50. The second-order valence-electron chi connectivity index (χ2n) is 9.68. The zero-order chi connectivity index (χ0) is 27.3. The molecule has 37 heavy (non-hydrogen) atoms. The highest BCUT2D eigenvalue weighted by Crippen LogP contribution is 2.42. The first-order chi connectivity index (χ1) is 17.4. The Morgan fingerprint density at radius 2 is 1.68 bits per heavy atom. The summed E-state index contributed by atoms with van der Waals surface area (Å²) >= 11 is 12.2. The number of rotatable bonds is 8. The van der Waals surface area contributed by atoms with Crippen LogP contribution in [0.1, 0.15) is 49.0 Å². The number of carbonyl (C=O) groups excluding carboxylic acids is 2. The van der Waals surface area contributed by atoms with Crippen LogP contribution in [0.15, 0.2) is 54.1 Å². The van der Waals surface area contributed by atoms with Gasteiger partial charge >= 0.3 is 11.9 Å². The van der Waals surface area contributed by atoms with Gasteiger partial charge in [-0.2, -0.15) is 0 Å². The van der Waals surface area contributed by atoms with Crippen molar-refractivity contribution in [3.63, 3.8) is 0 Å². The number of hydrogen-bond acceptors (Lipinski definition) is 4. The van der Waals surface area contributed by atoms with Crippen molar-refractivity contribution in [3.05, 3.63) is 75.3 Å². The molecule has 0 aliphatic heterocycles. The molecular weight excluding hydrogens is 519 g/mol. The Bertz CT molecular complexity index is 1220. The van der Waals surface area contributed by atoms with E-state index in [9.17, 15) is 29.4 Å². The molecule has 0 aromatic heterocycles. The normalized spacial score (nSPS) is 18.6. The van der Waals surface area contributed by atoms with Gasteiger partial charge in [-0.1, -0.05) is 60.8 Å². The zero-order valence-electron chi connectivity index (χ0n) is 20.4. The van der Waals surface area contributed by atoms with E-state index in [4.69, 9.17) is 23.2 Å². The molecule has 2 aromatic carbocycles. The third kappa shape index (κ3) is 7.33. The van der Waals surface area contributed by atoms with Gasteiger partial charge in [0.15, 0.2) is 0 Å². The van der Waals surface area contributed by atoms with Gasteiger partial charge in [-0.05, 0) is 54.5 Å². The lowest BCUT2D eigenvalue weighted by molar-refractivity contribution is -0.143. The van der Waals surface area contributed by atoms with Crippen molar-refractivity contribution in [2.45, 2.75) is 45.6 Å². The molecule has 196 valence electrons. The average Bonchev–Trinajstić information content (AvgIpc) is 2.80. The van der Waals surface area contributed by atoms with Crippen LogP contribution in [-0.2, 0) is 20.8 Å². The zero-order valence-corrected chi connectivity index (χ0v) is 21.9. The van der Waals surface area contributed by atoms with Crippen molar-refractivity contribution in [1.29, 1.82) is 0 Å². The summed E-state index contributed by atoms with van der Waals surface area (Å²) in [5, 5.41) is 24.6. The summed E-state index contributed by atoms with van der Waals surface area (Å²) in [7, 11) is 0. The summed E-state index contributed by atoms with van der Waals surface area (Å²) in [5.41, 5.74) is 1.56. The van der Waals surface area contributed by atoms with Crippen molar-refractivity contribution >= 4 is 52.6 Å². The van der Waals surface area contributed by atoms with E-state index in [1.54, 1.807) is 42.5 Å². The molecule has 0 saturated heterocycles. The van der Waals surface area contributed by atoms with E-state index in [0.29, 0.717) is 30.5 Å². The maximum Gasteiger partial charge on any atom is 0.326 e. The maximum absolute atomic E-state index is 12.6. The van der Waals surface area contributed by atoms with E-state index >= 15 is 0 Å².